The molecule has 1 aromatic heterocycles. The van der Waals surface area contributed by atoms with E-state index in [0.717, 1.165) is 25.7 Å². The largest absolute Gasteiger partial charge is 0.507 e. The summed E-state index contributed by atoms with van der Waals surface area (Å²) in [6.07, 6.45) is 6.83. The van der Waals surface area contributed by atoms with Gasteiger partial charge in [-0.2, -0.15) is 0 Å². The Morgan fingerprint density at radius 1 is 1.17 bits per heavy atom. The van der Waals surface area contributed by atoms with Crippen LogP contribution in [-0.4, -0.2) is 39.8 Å². The number of carbonyl (C=O) groups excluding carboxylic acids is 2. The summed E-state index contributed by atoms with van der Waals surface area (Å²) in [6, 6.07) is 5.65. The summed E-state index contributed by atoms with van der Waals surface area (Å²) in [6.45, 7) is 0. The Morgan fingerprint density at radius 3 is 2.47 bits per heavy atom. The molecule has 0 spiro atoms. The molecule has 0 radical (unpaired) electrons. The highest BCUT2D eigenvalue weighted by atomic mass is 35.5. The fraction of sp³-hybridized carbons (Fsp3) is 0.318. The molecule has 1 N–H and O–H groups in total. The molecule has 1 aromatic carbocycles. The van der Waals surface area contributed by atoms with Crippen molar-refractivity contribution in [3.63, 3.8) is 0 Å². The molecule has 4 rings (SSSR count). The number of hydrogen-bond donors (Lipinski definition) is 1. The number of pyridine rings is 1. The van der Waals surface area contributed by atoms with Crippen molar-refractivity contribution in [1.29, 1.82) is 0 Å². The summed E-state index contributed by atoms with van der Waals surface area (Å²) in [5.41, 5.74) is 0.859. The Bertz CT molecular complexity index is 1030. The van der Waals surface area contributed by atoms with Crippen molar-refractivity contribution in [2.75, 3.05) is 7.11 Å². The average molecular weight is 447 g/mol. The number of benzene rings is 1. The molecule has 1 amide bonds. The third-order valence-electron chi connectivity index (χ3n) is 5.69. The van der Waals surface area contributed by atoms with Gasteiger partial charge in [-0.05, 0) is 42.7 Å². The number of hydrogen-bond acceptors (Lipinski definition) is 5. The standard InChI is InChI=1S/C22H20Cl2N2O4/c1-30-21-15(10-13(23)11-16(21)24)19(27)17-18(12-6-8-25-9-7-12)26(22(29)20(17)28)14-4-2-3-5-14/h6-11,14,18,27H,2-5H2,1H3/b19-17+. The number of halogens is 2. The molecule has 1 aliphatic carbocycles. The Kier molecular flexibility index (Phi) is 5.71. The predicted octanol–water partition coefficient (Wildman–Crippen LogP) is 4.76. The Labute approximate surface area is 184 Å². The zero-order valence-electron chi connectivity index (χ0n) is 16.3. The van der Waals surface area contributed by atoms with Crippen molar-refractivity contribution >= 4 is 40.7 Å². The first-order valence-corrected chi connectivity index (χ1v) is 10.4. The van der Waals surface area contributed by atoms with Crippen LogP contribution in [-0.2, 0) is 9.59 Å². The second-order valence-corrected chi connectivity index (χ2v) is 8.24. The van der Waals surface area contributed by atoms with Gasteiger partial charge < -0.3 is 14.7 Å². The SMILES string of the molecule is COc1c(Cl)cc(Cl)cc1/C(O)=C1\C(=O)C(=O)N(C2CCCC2)C1c1ccncc1. The minimum atomic E-state index is -0.737. The van der Waals surface area contributed by atoms with E-state index in [4.69, 9.17) is 27.9 Å². The van der Waals surface area contributed by atoms with Crippen LogP contribution in [0, 0.1) is 0 Å². The van der Waals surface area contributed by atoms with E-state index in [2.05, 4.69) is 4.98 Å². The normalized spacial score (nSPS) is 21.4. The average Bonchev–Trinajstić information content (AvgIpc) is 3.35. The molecule has 1 atom stereocenters. The minimum absolute atomic E-state index is 0.00488. The Morgan fingerprint density at radius 2 is 1.83 bits per heavy atom. The molecule has 2 heterocycles. The number of carbonyl (C=O) groups is 2. The van der Waals surface area contributed by atoms with Crippen LogP contribution in [0.1, 0.15) is 42.9 Å². The van der Waals surface area contributed by atoms with E-state index in [9.17, 15) is 14.7 Å². The van der Waals surface area contributed by atoms with Crippen molar-refractivity contribution in [3.05, 3.63) is 63.4 Å². The molecule has 1 saturated carbocycles. The van der Waals surface area contributed by atoms with Crippen LogP contribution in [0.3, 0.4) is 0 Å². The number of ketones is 1. The smallest absolute Gasteiger partial charge is 0.295 e. The lowest BCUT2D eigenvalue weighted by molar-refractivity contribution is -0.141. The second-order valence-electron chi connectivity index (χ2n) is 7.39. The van der Waals surface area contributed by atoms with Gasteiger partial charge in [-0.15, -0.1) is 0 Å². The first kappa shape index (κ1) is 20.7. The van der Waals surface area contributed by atoms with Gasteiger partial charge in [0.25, 0.3) is 11.7 Å². The number of aliphatic hydroxyl groups excluding tert-OH is 1. The summed E-state index contributed by atoms with van der Waals surface area (Å²) < 4.78 is 5.34. The zero-order valence-corrected chi connectivity index (χ0v) is 17.8. The van der Waals surface area contributed by atoms with Crippen molar-refractivity contribution < 1.29 is 19.4 Å². The zero-order chi connectivity index (χ0) is 21.4. The predicted molar refractivity (Wildman–Crippen MR) is 114 cm³/mol. The number of methoxy groups -OCH3 is 1. The van der Waals surface area contributed by atoms with Crippen LogP contribution >= 0.6 is 23.2 Å². The van der Waals surface area contributed by atoms with Crippen LogP contribution in [0.2, 0.25) is 10.0 Å². The van der Waals surface area contributed by atoms with Crippen LogP contribution in [0.25, 0.3) is 5.76 Å². The summed E-state index contributed by atoms with van der Waals surface area (Å²) >= 11 is 12.4. The molecule has 0 bridgehead atoms. The molecule has 2 aromatic rings. The van der Waals surface area contributed by atoms with Gasteiger partial charge in [0.1, 0.15) is 11.5 Å². The number of likely N-dealkylation sites (tertiary alicyclic amines) is 1. The molecule has 6 nitrogen and oxygen atoms in total. The highest BCUT2D eigenvalue weighted by molar-refractivity contribution is 6.47. The summed E-state index contributed by atoms with van der Waals surface area (Å²) in [5.74, 6) is -1.53. The Hall–Kier alpha value is -2.57. The van der Waals surface area contributed by atoms with Crippen molar-refractivity contribution in [1.82, 2.24) is 9.88 Å². The molecule has 2 aliphatic rings. The van der Waals surface area contributed by atoms with Crippen LogP contribution in [0.4, 0.5) is 0 Å². The highest BCUT2D eigenvalue weighted by Crippen LogP contribution is 2.45. The van der Waals surface area contributed by atoms with Crippen LogP contribution in [0.5, 0.6) is 5.75 Å². The lowest BCUT2D eigenvalue weighted by Gasteiger charge is -2.30. The third-order valence-corrected chi connectivity index (χ3v) is 6.19. The maximum atomic E-state index is 13.1. The fourth-order valence-electron chi connectivity index (χ4n) is 4.37. The van der Waals surface area contributed by atoms with Crippen LogP contribution in [0.15, 0.2) is 42.2 Å². The quantitative estimate of drug-likeness (QED) is 0.415. The van der Waals surface area contributed by atoms with E-state index in [1.165, 1.54) is 19.2 Å². The summed E-state index contributed by atoms with van der Waals surface area (Å²) in [5, 5.41) is 11.7. The minimum Gasteiger partial charge on any atom is -0.507 e. The van der Waals surface area contributed by atoms with E-state index in [-0.39, 0.29) is 38.7 Å². The monoisotopic (exact) mass is 446 g/mol. The van der Waals surface area contributed by atoms with E-state index in [1.807, 2.05) is 0 Å². The lowest BCUT2D eigenvalue weighted by atomic mass is 9.95. The summed E-state index contributed by atoms with van der Waals surface area (Å²) in [7, 11) is 1.41. The highest BCUT2D eigenvalue weighted by Gasteiger charge is 2.49. The van der Waals surface area contributed by atoms with E-state index in [1.54, 1.807) is 29.4 Å². The van der Waals surface area contributed by atoms with E-state index >= 15 is 0 Å². The number of aromatic nitrogens is 1. The summed E-state index contributed by atoms with van der Waals surface area (Å²) in [4.78, 5) is 31.8. The van der Waals surface area contributed by atoms with Crippen LogP contribution < -0.4 is 4.74 Å². The van der Waals surface area contributed by atoms with Gasteiger partial charge >= 0.3 is 0 Å². The van der Waals surface area contributed by atoms with Gasteiger partial charge in [-0.1, -0.05) is 36.0 Å². The molecule has 2 fully saturated rings. The number of aliphatic hydroxyl groups is 1. The van der Waals surface area contributed by atoms with Gasteiger partial charge in [-0.25, -0.2) is 0 Å². The Balaban J connectivity index is 1.95. The van der Waals surface area contributed by atoms with Gasteiger partial charge in [-0.3, -0.25) is 14.6 Å². The number of amides is 1. The van der Waals surface area contributed by atoms with Gasteiger partial charge in [0.05, 0.1) is 29.3 Å². The van der Waals surface area contributed by atoms with Crippen molar-refractivity contribution in [2.24, 2.45) is 0 Å². The maximum absolute atomic E-state index is 13.1. The lowest BCUT2D eigenvalue weighted by Crippen LogP contribution is -2.37. The first-order valence-electron chi connectivity index (χ1n) is 9.67. The topological polar surface area (TPSA) is 79.7 Å². The van der Waals surface area contributed by atoms with Gasteiger partial charge in [0, 0.05) is 23.5 Å². The van der Waals surface area contributed by atoms with Gasteiger partial charge in [0.2, 0.25) is 0 Å². The fourth-order valence-corrected chi connectivity index (χ4v) is 4.94. The van der Waals surface area contributed by atoms with Gasteiger partial charge in [0.15, 0.2) is 0 Å². The van der Waals surface area contributed by atoms with E-state index < -0.39 is 17.7 Å². The first-order chi connectivity index (χ1) is 14.4. The molecular weight excluding hydrogens is 427 g/mol. The molecule has 1 unspecified atom stereocenters. The molecule has 1 aliphatic heterocycles. The number of ether oxygens (including phenoxy) is 1. The number of nitrogens with zero attached hydrogens (tertiary/aromatic N) is 2. The molecule has 156 valence electrons. The number of rotatable bonds is 4. The maximum Gasteiger partial charge on any atom is 0.295 e. The molecule has 30 heavy (non-hydrogen) atoms. The van der Waals surface area contributed by atoms with Crippen molar-refractivity contribution in [2.45, 2.75) is 37.8 Å². The van der Waals surface area contributed by atoms with E-state index in [0.29, 0.717) is 5.56 Å². The third kappa shape index (κ3) is 3.44. The molecule has 8 heteroatoms. The molecular formula is C22H20Cl2N2O4. The van der Waals surface area contributed by atoms with Crippen molar-refractivity contribution in [3.8, 4) is 5.75 Å². The number of Topliss-reactive ketones (excluding diaryl/α,β-unsaturated/α-hetero) is 1. The second kappa shape index (κ2) is 8.28. The molecule has 1 saturated heterocycles.